The van der Waals surface area contributed by atoms with Crippen LogP contribution in [0, 0.1) is 5.82 Å². The van der Waals surface area contributed by atoms with Gasteiger partial charge < -0.3 is 24.1 Å². The fraction of sp³-hybridized carbons (Fsp3) is 0.310. The van der Waals surface area contributed by atoms with Gasteiger partial charge in [0, 0.05) is 60.3 Å². The van der Waals surface area contributed by atoms with Gasteiger partial charge in [-0.05, 0) is 43.4 Å². The molecule has 0 unspecified atom stereocenters. The van der Waals surface area contributed by atoms with Crippen LogP contribution in [0.3, 0.4) is 0 Å². The number of halogens is 1. The normalized spacial score (nSPS) is 14.7. The van der Waals surface area contributed by atoms with Gasteiger partial charge in [-0.15, -0.1) is 0 Å². The van der Waals surface area contributed by atoms with E-state index in [-0.39, 0.29) is 16.9 Å². The van der Waals surface area contributed by atoms with Crippen molar-refractivity contribution in [1.82, 2.24) is 28.3 Å². The second-order valence-electron chi connectivity index (χ2n) is 10.4. The quantitative estimate of drug-likeness (QED) is 0.341. The third kappa shape index (κ3) is 4.09. The number of nitrogens with zero attached hydrogens (tertiary/aromatic N) is 6. The Balaban J connectivity index is 1.33. The molecule has 0 saturated heterocycles. The lowest BCUT2D eigenvalue weighted by molar-refractivity contribution is 0.0801. The van der Waals surface area contributed by atoms with Crippen LogP contribution >= 0.6 is 0 Å². The Labute approximate surface area is 233 Å². The number of aliphatic hydroxyl groups excluding tert-OH is 1. The lowest BCUT2D eigenvalue weighted by atomic mass is 9.98. The maximum atomic E-state index is 15.4. The summed E-state index contributed by atoms with van der Waals surface area (Å²) in [6, 6.07) is 5.24. The van der Waals surface area contributed by atoms with E-state index in [1.807, 2.05) is 10.7 Å². The highest BCUT2D eigenvalue weighted by atomic mass is 19.1. The van der Waals surface area contributed by atoms with E-state index < -0.39 is 18.0 Å². The predicted octanol–water partition coefficient (Wildman–Crippen LogP) is 2.83. The number of fused-ring (bicyclic) bond motifs is 4. The van der Waals surface area contributed by atoms with Crippen LogP contribution in [-0.2, 0) is 44.4 Å². The molecule has 0 spiro atoms. The molecule has 210 valence electrons. The van der Waals surface area contributed by atoms with Gasteiger partial charge in [-0.25, -0.2) is 9.37 Å². The molecule has 0 saturated carbocycles. The Morgan fingerprint density at radius 3 is 2.83 bits per heavy atom. The first kappa shape index (κ1) is 25.4. The van der Waals surface area contributed by atoms with Crippen molar-refractivity contribution in [3.05, 3.63) is 92.0 Å². The van der Waals surface area contributed by atoms with Gasteiger partial charge in [-0.3, -0.25) is 18.8 Å². The third-order valence-corrected chi connectivity index (χ3v) is 7.97. The minimum atomic E-state index is -0.547. The number of rotatable bonds is 5. The highest BCUT2D eigenvalue weighted by Crippen LogP contribution is 2.30. The molecule has 7 rings (SSSR count). The van der Waals surface area contributed by atoms with E-state index in [2.05, 4.69) is 15.4 Å². The molecule has 5 aromatic rings. The van der Waals surface area contributed by atoms with Crippen LogP contribution in [0.1, 0.15) is 35.4 Å². The van der Waals surface area contributed by atoms with Crippen LogP contribution in [0.4, 0.5) is 15.9 Å². The molecular formula is C29H28FN7O4. The van der Waals surface area contributed by atoms with Crippen LogP contribution in [0.5, 0.6) is 0 Å². The fourth-order valence-corrected chi connectivity index (χ4v) is 5.97. The van der Waals surface area contributed by atoms with Crippen LogP contribution < -0.4 is 16.4 Å². The van der Waals surface area contributed by atoms with Crippen LogP contribution in [-0.4, -0.2) is 40.0 Å². The number of nitrogens with one attached hydrogen (secondary N) is 1. The topological polar surface area (TPSA) is 121 Å². The predicted molar refractivity (Wildman–Crippen MR) is 149 cm³/mol. The standard InChI is InChI=1S/C29H28FN7O4/c1-34-14-17(12-22(28(34)39)32-24-13-18-16-41-11-10-37(18)33-24)19-6-7-31-27(21(19)15-38)36-9-8-35-23-5-3-2-4-20(23)25(30)26(35)29(36)40/h6-9,12-14,38H,2-5,10-11,15-16H2,1H3,(H,32,33). The number of pyridine rings is 2. The highest BCUT2D eigenvalue weighted by molar-refractivity contribution is 5.73. The molecule has 0 radical (unpaired) electrons. The zero-order valence-electron chi connectivity index (χ0n) is 22.4. The van der Waals surface area contributed by atoms with Crippen LogP contribution in [0.25, 0.3) is 22.5 Å². The van der Waals surface area contributed by atoms with E-state index in [1.165, 1.54) is 15.3 Å². The van der Waals surface area contributed by atoms with Crippen molar-refractivity contribution in [2.45, 2.75) is 45.4 Å². The van der Waals surface area contributed by atoms with Gasteiger partial charge in [0.15, 0.2) is 11.6 Å². The van der Waals surface area contributed by atoms with E-state index in [9.17, 15) is 14.7 Å². The lowest BCUT2D eigenvalue weighted by Gasteiger charge is -2.16. The summed E-state index contributed by atoms with van der Waals surface area (Å²) >= 11 is 0. The van der Waals surface area contributed by atoms with Crippen molar-refractivity contribution in [3.63, 3.8) is 0 Å². The Morgan fingerprint density at radius 1 is 1.15 bits per heavy atom. The maximum absolute atomic E-state index is 15.4. The lowest BCUT2D eigenvalue weighted by Crippen LogP contribution is -2.23. The van der Waals surface area contributed by atoms with Gasteiger partial charge in [0.2, 0.25) is 0 Å². The molecule has 0 amide bonds. The zero-order valence-corrected chi connectivity index (χ0v) is 22.4. The van der Waals surface area contributed by atoms with Crippen molar-refractivity contribution in [3.8, 4) is 16.9 Å². The van der Waals surface area contributed by atoms with Crippen molar-refractivity contribution >= 4 is 17.0 Å². The number of ether oxygens (including phenoxy) is 1. The van der Waals surface area contributed by atoms with E-state index >= 15 is 4.39 Å². The number of aliphatic hydroxyl groups is 1. The SMILES string of the molecule is Cn1cc(-c2ccnc(-n3ccn4c5c(c(F)c4c3=O)CCCC5)c2CO)cc(Nc2cc3n(n2)CCOC3)c1=O. The molecule has 0 fully saturated rings. The van der Waals surface area contributed by atoms with E-state index in [0.29, 0.717) is 59.9 Å². The van der Waals surface area contributed by atoms with Gasteiger partial charge in [0.05, 0.1) is 32.1 Å². The summed E-state index contributed by atoms with van der Waals surface area (Å²) in [4.78, 5) is 31.1. The first-order chi connectivity index (χ1) is 19.9. The van der Waals surface area contributed by atoms with Crippen LogP contribution in [0.15, 0.2) is 52.6 Å². The first-order valence-electron chi connectivity index (χ1n) is 13.6. The van der Waals surface area contributed by atoms with Gasteiger partial charge in [-0.1, -0.05) is 0 Å². The van der Waals surface area contributed by atoms with E-state index in [0.717, 1.165) is 30.7 Å². The monoisotopic (exact) mass is 557 g/mol. The molecule has 0 bridgehead atoms. The summed E-state index contributed by atoms with van der Waals surface area (Å²) in [7, 11) is 1.64. The van der Waals surface area contributed by atoms with Crippen molar-refractivity contribution < 1.29 is 14.2 Å². The minimum absolute atomic E-state index is 0.0164. The zero-order chi connectivity index (χ0) is 28.2. The molecule has 0 atom stereocenters. The van der Waals surface area contributed by atoms with E-state index in [4.69, 9.17) is 4.74 Å². The highest BCUT2D eigenvalue weighted by Gasteiger charge is 2.25. The molecule has 41 heavy (non-hydrogen) atoms. The Bertz CT molecular complexity index is 1930. The number of hydrogen-bond acceptors (Lipinski definition) is 7. The molecule has 1 aliphatic carbocycles. The van der Waals surface area contributed by atoms with Crippen molar-refractivity contribution in [2.75, 3.05) is 11.9 Å². The van der Waals surface area contributed by atoms with Gasteiger partial charge in [0.1, 0.15) is 17.0 Å². The molecule has 1 aliphatic heterocycles. The average Bonchev–Trinajstić information content (AvgIpc) is 3.53. The number of hydrogen-bond donors (Lipinski definition) is 2. The third-order valence-electron chi connectivity index (χ3n) is 7.97. The largest absolute Gasteiger partial charge is 0.392 e. The van der Waals surface area contributed by atoms with Gasteiger partial charge in [-0.2, -0.15) is 5.10 Å². The summed E-state index contributed by atoms with van der Waals surface area (Å²) in [6.07, 6.45) is 9.60. The molecule has 12 heteroatoms. The molecule has 0 aromatic carbocycles. The molecule has 5 aromatic heterocycles. The molecular weight excluding hydrogens is 529 g/mol. The Kier molecular flexibility index (Phi) is 6.09. The Hall–Kier alpha value is -4.55. The van der Waals surface area contributed by atoms with Crippen molar-refractivity contribution in [1.29, 1.82) is 0 Å². The second-order valence-corrected chi connectivity index (χ2v) is 10.4. The van der Waals surface area contributed by atoms with Gasteiger partial charge >= 0.3 is 0 Å². The second kappa shape index (κ2) is 9.82. The summed E-state index contributed by atoms with van der Waals surface area (Å²) in [5.41, 5.74) is 3.40. The Morgan fingerprint density at radius 2 is 2.00 bits per heavy atom. The fourth-order valence-electron chi connectivity index (χ4n) is 5.97. The number of aryl methyl sites for hydroxylation is 2. The number of aromatic nitrogens is 6. The van der Waals surface area contributed by atoms with Crippen LogP contribution in [0.2, 0.25) is 0 Å². The molecule has 11 nitrogen and oxygen atoms in total. The summed E-state index contributed by atoms with van der Waals surface area (Å²) in [5, 5.41) is 18.1. The first-order valence-corrected chi connectivity index (χ1v) is 13.6. The summed E-state index contributed by atoms with van der Waals surface area (Å²) < 4.78 is 27.1. The van der Waals surface area contributed by atoms with E-state index in [1.54, 1.807) is 42.2 Å². The van der Waals surface area contributed by atoms with Crippen molar-refractivity contribution in [2.24, 2.45) is 7.05 Å². The summed E-state index contributed by atoms with van der Waals surface area (Å²) in [6.45, 7) is 1.23. The molecule has 2 N–H and O–H groups in total. The smallest absolute Gasteiger partial charge is 0.283 e. The average molecular weight is 558 g/mol. The number of anilines is 2. The minimum Gasteiger partial charge on any atom is -0.392 e. The molecule has 6 heterocycles. The summed E-state index contributed by atoms with van der Waals surface area (Å²) in [5.74, 6) is 0.234. The molecule has 2 aliphatic rings. The van der Waals surface area contributed by atoms with Gasteiger partial charge in [0.25, 0.3) is 11.1 Å². The maximum Gasteiger partial charge on any atom is 0.283 e.